The monoisotopic (exact) mass is 425 g/mol. The highest BCUT2D eigenvalue weighted by atomic mass is 16.2. The van der Waals surface area contributed by atoms with Crippen LogP contribution in [0.5, 0.6) is 0 Å². The second kappa shape index (κ2) is 8.00. The highest BCUT2D eigenvalue weighted by Gasteiger charge is 2.58. The summed E-state index contributed by atoms with van der Waals surface area (Å²) >= 11 is 0. The lowest BCUT2D eigenvalue weighted by atomic mass is 9.71. The SMILES string of the molecule is O=C(c1ccc2ccccc2n1)N1CC2CN(Cc3ccccc3)CC2C12CCCCC2. The number of pyridine rings is 1. The summed E-state index contributed by atoms with van der Waals surface area (Å²) in [5.41, 5.74) is 2.91. The third-order valence-corrected chi connectivity index (χ3v) is 8.19. The first-order valence-electron chi connectivity index (χ1n) is 12.2. The van der Waals surface area contributed by atoms with E-state index in [0.717, 1.165) is 49.9 Å². The summed E-state index contributed by atoms with van der Waals surface area (Å²) in [6.07, 6.45) is 6.05. The van der Waals surface area contributed by atoms with Crippen LogP contribution in [-0.4, -0.2) is 45.9 Å². The molecule has 2 aliphatic heterocycles. The Morgan fingerprint density at radius 3 is 2.50 bits per heavy atom. The van der Waals surface area contributed by atoms with Gasteiger partial charge in [-0.25, -0.2) is 4.98 Å². The largest absolute Gasteiger partial charge is 0.331 e. The van der Waals surface area contributed by atoms with Gasteiger partial charge in [0.15, 0.2) is 0 Å². The molecule has 4 nitrogen and oxygen atoms in total. The predicted molar refractivity (Wildman–Crippen MR) is 127 cm³/mol. The Morgan fingerprint density at radius 2 is 1.66 bits per heavy atom. The summed E-state index contributed by atoms with van der Waals surface area (Å²) in [4.78, 5) is 23.5. The van der Waals surface area contributed by atoms with Gasteiger partial charge in [0.1, 0.15) is 5.69 Å². The van der Waals surface area contributed by atoms with E-state index < -0.39 is 0 Å². The predicted octanol–water partition coefficient (Wildman–Crippen LogP) is 5.14. The van der Waals surface area contributed by atoms with Crippen molar-refractivity contribution in [1.82, 2.24) is 14.8 Å². The Morgan fingerprint density at radius 1 is 0.875 bits per heavy atom. The number of amides is 1. The molecule has 1 aromatic heterocycles. The van der Waals surface area contributed by atoms with Crippen molar-refractivity contribution < 1.29 is 4.79 Å². The normalized spacial score (nSPS) is 24.8. The second-order valence-corrected chi connectivity index (χ2v) is 10.0. The lowest BCUT2D eigenvalue weighted by Crippen LogP contribution is -2.53. The van der Waals surface area contributed by atoms with E-state index in [0.29, 0.717) is 17.5 Å². The number of fused-ring (bicyclic) bond motifs is 3. The molecule has 2 unspecified atom stereocenters. The van der Waals surface area contributed by atoms with E-state index in [1.807, 2.05) is 30.3 Å². The fourth-order valence-corrected chi connectivity index (χ4v) is 6.75. The molecular formula is C28H31N3O. The van der Waals surface area contributed by atoms with Gasteiger partial charge in [-0.3, -0.25) is 9.69 Å². The van der Waals surface area contributed by atoms with Crippen LogP contribution in [0.25, 0.3) is 10.9 Å². The Labute approximate surface area is 190 Å². The second-order valence-electron chi connectivity index (χ2n) is 10.0. The molecule has 3 aromatic rings. The molecule has 4 heteroatoms. The first-order valence-corrected chi connectivity index (χ1v) is 12.2. The van der Waals surface area contributed by atoms with Crippen LogP contribution in [0.15, 0.2) is 66.7 Å². The first-order chi connectivity index (χ1) is 15.7. The molecule has 32 heavy (non-hydrogen) atoms. The fourth-order valence-electron chi connectivity index (χ4n) is 6.75. The minimum absolute atomic E-state index is 0.0127. The van der Waals surface area contributed by atoms with Crippen LogP contribution in [0, 0.1) is 11.8 Å². The third-order valence-electron chi connectivity index (χ3n) is 8.19. The van der Waals surface area contributed by atoms with Crippen molar-refractivity contribution in [3.05, 3.63) is 78.0 Å². The van der Waals surface area contributed by atoms with Crippen LogP contribution in [0.3, 0.4) is 0 Å². The van der Waals surface area contributed by atoms with Gasteiger partial charge in [0.2, 0.25) is 0 Å². The van der Waals surface area contributed by atoms with Gasteiger partial charge in [0.25, 0.3) is 5.91 Å². The van der Waals surface area contributed by atoms with Crippen LogP contribution in [0.1, 0.15) is 48.2 Å². The zero-order chi connectivity index (χ0) is 21.5. The van der Waals surface area contributed by atoms with E-state index in [4.69, 9.17) is 4.98 Å². The van der Waals surface area contributed by atoms with Gasteiger partial charge in [0, 0.05) is 43.0 Å². The molecule has 0 radical (unpaired) electrons. The van der Waals surface area contributed by atoms with Crippen molar-refractivity contribution in [2.24, 2.45) is 11.8 Å². The Kier molecular flexibility index (Phi) is 4.98. The minimum atomic E-state index is 0.0127. The smallest absolute Gasteiger partial charge is 0.272 e. The zero-order valence-electron chi connectivity index (χ0n) is 18.6. The van der Waals surface area contributed by atoms with Gasteiger partial charge in [0.05, 0.1) is 5.52 Å². The molecule has 2 saturated heterocycles. The quantitative estimate of drug-likeness (QED) is 0.583. The molecular weight excluding hydrogens is 394 g/mol. The van der Waals surface area contributed by atoms with Gasteiger partial charge >= 0.3 is 0 Å². The zero-order valence-corrected chi connectivity index (χ0v) is 18.6. The Hall–Kier alpha value is -2.72. The molecule has 1 saturated carbocycles. The Bertz CT molecular complexity index is 1120. The molecule has 1 amide bonds. The summed E-state index contributed by atoms with van der Waals surface area (Å²) in [5.74, 6) is 1.29. The van der Waals surface area contributed by atoms with E-state index in [2.05, 4.69) is 46.2 Å². The van der Waals surface area contributed by atoms with Crippen molar-refractivity contribution in [3.8, 4) is 0 Å². The molecule has 2 aromatic carbocycles. The molecule has 1 spiro atoms. The van der Waals surface area contributed by atoms with Gasteiger partial charge in [-0.15, -0.1) is 0 Å². The summed E-state index contributed by atoms with van der Waals surface area (Å²) in [7, 11) is 0. The average molecular weight is 426 g/mol. The number of aromatic nitrogens is 1. The number of likely N-dealkylation sites (tertiary alicyclic amines) is 2. The number of carbonyl (C=O) groups is 1. The Balaban J connectivity index is 1.28. The molecule has 0 N–H and O–H groups in total. The summed E-state index contributed by atoms with van der Waals surface area (Å²) < 4.78 is 0. The van der Waals surface area contributed by atoms with Crippen molar-refractivity contribution in [2.75, 3.05) is 19.6 Å². The van der Waals surface area contributed by atoms with Crippen molar-refractivity contribution in [3.63, 3.8) is 0 Å². The van der Waals surface area contributed by atoms with E-state index in [9.17, 15) is 4.79 Å². The number of para-hydroxylation sites is 1. The topological polar surface area (TPSA) is 36.4 Å². The van der Waals surface area contributed by atoms with E-state index in [1.165, 1.54) is 24.8 Å². The lowest BCUT2D eigenvalue weighted by Gasteiger charge is -2.45. The van der Waals surface area contributed by atoms with E-state index in [1.54, 1.807) is 0 Å². The maximum Gasteiger partial charge on any atom is 0.272 e. The van der Waals surface area contributed by atoms with Crippen LogP contribution in [-0.2, 0) is 6.54 Å². The molecule has 3 fully saturated rings. The number of hydrogen-bond acceptors (Lipinski definition) is 3. The molecule has 3 heterocycles. The summed E-state index contributed by atoms with van der Waals surface area (Å²) in [5, 5.41) is 1.09. The van der Waals surface area contributed by atoms with Crippen LogP contribution in [0.2, 0.25) is 0 Å². The number of rotatable bonds is 3. The first kappa shape index (κ1) is 19.9. The van der Waals surface area contributed by atoms with Gasteiger partial charge in [-0.05, 0) is 36.5 Å². The number of nitrogens with zero attached hydrogens (tertiary/aromatic N) is 3. The van der Waals surface area contributed by atoms with Crippen LogP contribution < -0.4 is 0 Å². The third kappa shape index (κ3) is 3.32. The highest BCUT2D eigenvalue weighted by molar-refractivity contribution is 5.95. The molecule has 164 valence electrons. The molecule has 3 aliphatic rings. The number of hydrogen-bond donors (Lipinski definition) is 0. The highest BCUT2D eigenvalue weighted by Crippen LogP contribution is 2.51. The number of benzene rings is 2. The van der Waals surface area contributed by atoms with Crippen molar-refractivity contribution in [1.29, 1.82) is 0 Å². The molecule has 0 bridgehead atoms. The maximum atomic E-state index is 13.8. The standard InChI is InChI=1S/C28H31N3O/c32-27(26-14-13-22-11-5-6-12-25(22)29-26)31-19-23-18-30(17-21-9-3-1-4-10-21)20-24(23)28(31)15-7-2-8-16-28/h1,3-6,9-14,23-24H,2,7-8,15-20H2. The van der Waals surface area contributed by atoms with Crippen molar-refractivity contribution >= 4 is 16.8 Å². The maximum absolute atomic E-state index is 13.8. The van der Waals surface area contributed by atoms with E-state index in [-0.39, 0.29) is 11.4 Å². The van der Waals surface area contributed by atoms with Gasteiger partial charge in [-0.2, -0.15) is 0 Å². The van der Waals surface area contributed by atoms with Crippen molar-refractivity contribution in [2.45, 2.75) is 44.2 Å². The van der Waals surface area contributed by atoms with Crippen LogP contribution >= 0.6 is 0 Å². The minimum Gasteiger partial charge on any atom is -0.331 e. The molecule has 2 atom stereocenters. The summed E-state index contributed by atoms with van der Waals surface area (Å²) in [6.45, 7) is 4.10. The molecule has 1 aliphatic carbocycles. The molecule has 6 rings (SSSR count). The van der Waals surface area contributed by atoms with E-state index >= 15 is 0 Å². The average Bonchev–Trinajstić information content (AvgIpc) is 3.37. The van der Waals surface area contributed by atoms with Gasteiger partial charge in [-0.1, -0.05) is 73.9 Å². The van der Waals surface area contributed by atoms with Crippen LogP contribution in [0.4, 0.5) is 0 Å². The lowest BCUT2D eigenvalue weighted by molar-refractivity contribution is 0.0342. The fraction of sp³-hybridized carbons (Fsp3) is 0.429. The summed E-state index contributed by atoms with van der Waals surface area (Å²) in [6, 6.07) is 22.8. The number of carbonyl (C=O) groups excluding carboxylic acids is 1. The van der Waals surface area contributed by atoms with Gasteiger partial charge < -0.3 is 4.90 Å².